The molecular weight excluding hydrogens is 272 g/mol. The SMILES string of the molecule is CCc1nnc(NS(=O)(=O)C(C)CNC(C)C)s1. The lowest BCUT2D eigenvalue weighted by Crippen LogP contribution is -2.37. The van der Waals surface area contributed by atoms with E-state index in [1.165, 1.54) is 11.3 Å². The zero-order valence-corrected chi connectivity index (χ0v) is 12.7. The van der Waals surface area contributed by atoms with E-state index >= 15 is 0 Å². The van der Waals surface area contributed by atoms with Crippen molar-refractivity contribution in [2.45, 2.75) is 45.4 Å². The van der Waals surface area contributed by atoms with Crippen molar-refractivity contribution < 1.29 is 8.42 Å². The molecule has 1 aromatic heterocycles. The van der Waals surface area contributed by atoms with Crippen LogP contribution in [0.1, 0.15) is 32.7 Å². The standard InChI is InChI=1S/C10H20N4O2S2/c1-5-9-12-13-10(17-9)14-18(15,16)8(4)6-11-7(2)3/h7-8,11H,5-6H2,1-4H3,(H,13,14). The molecule has 18 heavy (non-hydrogen) atoms. The summed E-state index contributed by atoms with van der Waals surface area (Å²) in [6, 6.07) is 0.260. The topological polar surface area (TPSA) is 84.0 Å². The number of sulfonamides is 1. The highest BCUT2D eigenvalue weighted by Crippen LogP contribution is 2.18. The normalized spacial score (nSPS) is 13.8. The first kappa shape index (κ1) is 15.3. The van der Waals surface area contributed by atoms with Crippen LogP contribution in [0.25, 0.3) is 0 Å². The zero-order chi connectivity index (χ0) is 13.8. The Bertz CT molecular complexity index is 470. The van der Waals surface area contributed by atoms with Crippen LogP contribution in [0.15, 0.2) is 0 Å². The van der Waals surface area contributed by atoms with E-state index in [0.717, 1.165) is 11.4 Å². The van der Waals surface area contributed by atoms with Gasteiger partial charge in [0.05, 0.1) is 5.25 Å². The summed E-state index contributed by atoms with van der Waals surface area (Å²) < 4.78 is 26.5. The van der Waals surface area contributed by atoms with Gasteiger partial charge < -0.3 is 5.32 Å². The van der Waals surface area contributed by atoms with E-state index in [0.29, 0.717) is 11.7 Å². The van der Waals surface area contributed by atoms with E-state index in [1.807, 2.05) is 20.8 Å². The van der Waals surface area contributed by atoms with Gasteiger partial charge in [0.25, 0.3) is 0 Å². The van der Waals surface area contributed by atoms with Crippen molar-refractivity contribution in [3.05, 3.63) is 5.01 Å². The molecular formula is C10H20N4O2S2. The van der Waals surface area contributed by atoms with E-state index in [4.69, 9.17) is 0 Å². The minimum absolute atomic E-state index is 0.260. The van der Waals surface area contributed by atoms with Crippen LogP contribution in [0.4, 0.5) is 5.13 Å². The highest BCUT2D eigenvalue weighted by Gasteiger charge is 2.22. The number of anilines is 1. The molecule has 1 atom stereocenters. The number of hydrogen-bond acceptors (Lipinski definition) is 6. The second-order valence-electron chi connectivity index (χ2n) is 4.38. The molecule has 1 rings (SSSR count). The van der Waals surface area contributed by atoms with Crippen LogP contribution in [-0.4, -0.2) is 36.5 Å². The van der Waals surface area contributed by atoms with E-state index in [1.54, 1.807) is 6.92 Å². The number of rotatable bonds is 7. The van der Waals surface area contributed by atoms with E-state index in [-0.39, 0.29) is 6.04 Å². The summed E-state index contributed by atoms with van der Waals surface area (Å²) in [4.78, 5) is 0. The molecule has 0 saturated carbocycles. The van der Waals surface area contributed by atoms with Crippen molar-refractivity contribution in [2.75, 3.05) is 11.3 Å². The summed E-state index contributed by atoms with van der Waals surface area (Å²) in [6.45, 7) is 7.98. The number of nitrogens with one attached hydrogen (secondary N) is 2. The van der Waals surface area contributed by atoms with Gasteiger partial charge in [-0.05, 0) is 13.3 Å². The quantitative estimate of drug-likeness (QED) is 0.789. The van der Waals surface area contributed by atoms with Crippen LogP contribution in [-0.2, 0) is 16.4 Å². The summed E-state index contributed by atoms with van der Waals surface area (Å²) in [7, 11) is -3.41. The molecule has 0 amide bonds. The second-order valence-corrected chi connectivity index (χ2v) is 7.54. The molecule has 0 aliphatic rings. The van der Waals surface area contributed by atoms with Crippen molar-refractivity contribution in [1.82, 2.24) is 15.5 Å². The first-order valence-electron chi connectivity index (χ1n) is 5.92. The fourth-order valence-corrected chi connectivity index (χ4v) is 3.02. The van der Waals surface area contributed by atoms with Crippen molar-refractivity contribution in [2.24, 2.45) is 0 Å². The molecule has 6 nitrogen and oxygen atoms in total. The summed E-state index contributed by atoms with van der Waals surface area (Å²) in [5.41, 5.74) is 0. The van der Waals surface area contributed by atoms with Crippen LogP contribution in [0.5, 0.6) is 0 Å². The molecule has 1 unspecified atom stereocenters. The Balaban J connectivity index is 2.63. The number of nitrogens with zero attached hydrogens (tertiary/aromatic N) is 2. The summed E-state index contributed by atoms with van der Waals surface area (Å²) >= 11 is 1.27. The molecule has 0 saturated heterocycles. The Morgan fingerprint density at radius 1 is 1.28 bits per heavy atom. The Hall–Kier alpha value is -0.730. The molecule has 1 aromatic rings. The van der Waals surface area contributed by atoms with Gasteiger partial charge >= 0.3 is 0 Å². The fourth-order valence-electron chi connectivity index (χ4n) is 1.17. The van der Waals surface area contributed by atoms with Gasteiger partial charge in [-0.2, -0.15) is 0 Å². The third kappa shape index (κ3) is 4.51. The number of aromatic nitrogens is 2. The van der Waals surface area contributed by atoms with Crippen LogP contribution in [0.3, 0.4) is 0 Å². The molecule has 1 heterocycles. The lowest BCUT2D eigenvalue weighted by Gasteiger charge is -2.15. The Labute approximate surface area is 112 Å². The van der Waals surface area contributed by atoms with E-state index in [2.05, 4.69) is 20.2 Å². The molecule has 0 radical (unpaired) electrons. The maximum atomic E-state index is 12.0. The lowest BCUT2D eigenvalue weighted by atomic mass is 10.3. The maximum Gasteiger partial charge on any atom is 0.238 e. The van der Waals surface area contributed by atoms with Gasteiger partial charge in [-0.25, -0.2) is 8.42 Å². The van der Waals surface area contributed by atoms with Gasteiger partial charge in [0.2, 0.25) is 15.2 Å². The molecule has 2 N–H and O–H groups in total. The van der Waals surface area contributed by atoms with Gasteiger partial charge in [-0.1, -0.05) is 32.1 Å². The number of aryl methyl sites for hydroxylation is 1. The van der Waals surface area contributed by atoms with Crippen LogP contribution < -0.4 is 10.0 Å². The van der Waals surface area contributed by atoms with Gasteiger partial charge in [-0.15, -0.1) is 10.2 Å². The van der Waals surface area contributed by atoms with Gasteiger partial charge in [-0.3, -0.25) is 4.72 Å². The predicted octanol–water partition coefficient (Wildman–Crippen LogP) is 1.23. The van der Waals surface area contributed by atoms with Crippen LogP contribution >= 0.6 is 11.3 Å². The Morgan fingerprint density at radius 3 is 2.44 bits per heavy atom. The molecule has 0 spiro atoms. The monoisotopic (exact) mass is 292 g/mol. The highest BCUT2D eigenvalue weighted by molar-refractivity contribution is 7.93. The van der Waals surface area contributed by atoms with E-state index < -0.39 is 15.3 Å². The highest BCUT2D eigenvalue weighted by atomic mass is 32.2. The maximum absolute atomic E-state index is 12.0. The van der Waals surface area contributed by atoms with E-state index in [9.17, 15) is 8.42 Å². The minimum atomic E-state index is -3.41. The molecule has 104 valence electrons. The Kier molecular flexibility index (Phi) is 5.48. The van der Waals surface area contributed by atoms with Gasteiger partial charge in [0.15, 0.2) is 0 Å². The third-order valence-corrected chi connectivity index (χ3v) is 5.16. The number of hydrogen-bond donors (Lipinski definition) is 2. The van der Waals surface area contributed by atoms with Gasteiger partial charge in [0.1, 0.15) is 5.01 Å². The van der Waals surface area contributed by atoms with Crippen molar-refractivity contribution in [3.8, 4) is 0 Å². The van der Waals surface area contributed by atoms with Crippen LogP contribution in [0, 0.1) is 0 Å². The smallest absolute Gasteiger partial charge is 0.238 e. The Morgan fingerprint density at radius 2 is 1.94 bits per heavy atom. The molecule has 8 heteroatoms. The molecule has 0 aliphatic heterocycles. The van der Waals surface area contributed by atoms with Crippen molar-refractivity contribution in [1.29, 1.82) is 0 Å². The van der Waals surface area contributed by atoms with Gasteiger partial charge in [0, 0.05) is 12.6 Å². The predicted molar refractivity (Wildman–Crippen MR) is 74.4 cm³/mol. The average Bonchev–Trinajstić information content (AvgIpc) is 2.72. The summed E-state index contributed by atoms with van der Waals surface area (Å²) in [5, 5.41) is 11.4. The van der Waals surface area contributed by atoms with Crippen molar-refractivity contribution in [3.63, 3.8) is 0 Å². The largest absolute Gasteiger partial charge is 0.313 e. The molecule has 0 fully saturated rings. The fraction of sp³-hybridized carbons (Fsp3) is 0.800. The molecule has 0 aromatic carbocycles. The second kappa shape index (κ2) is 6.44. The lowest BCUT2D eigenvalue weighted by molar-refractivity contribution is 0.553. The third-order valence-electron chi connectivity index (χ3n) is 2.34. The van der Waals surface area contributed by atoms with Crippen molar-refractivity contribution >= 4 is 26.5 Å². The average molecular weight is 292 g/mol. The minimum Gasteiger partial charge on any atom is -0.313 e. The first-order chi connectivity index (χ1) is 8.35. The zero-order valence-electron chi connectivity index (χ0n) is 11.1. The first-order valence-corrected chi connectivity index (χ1v) is 8.28. The molecule has 0 aliphatic carbocycles. The van der Waals surface area contributed by atoms with Crippen LogP contribution in [0.2, 0.25) is 0 Å². The molecule has 0 bridgehead atoms. The summed E-state index contributed by atoms with van der Waals surface area (Å²) in [5.74, 6) is 0. The summed E-state index contributed by atoms with van der Waals surface area (Å²) in [6.07, 6.45) is 0.754.